The summed E-state index contributed by atoms with van der Waals surface area (Å²) in [5, 5.41) is 2.64. The fourth-order valence-corrected chi connectivity index (χ4v) is 0.985. The number of primary amides is 1. The average Bonchev–Trinajstić information content (AvgIpc) is 2.31. The summed E-state index contributed by atoms with van der Waals surface area (Å²) in [6, 6.07) is -0.0463. The van der Waals surface area contributed by atoms with Crippen LogP contribution in [0.15, 0.2) is 0 Å². The second-order valence-electron chi connectivity index (χ2n) is 2.43. The number of amides is 2. The van der Waals surface area contributed by atoms with Crippen LogP contribution < -0.4 is 11.1 Å². The smallest absolute Gasteiger partial charge is 0.404 e. The van der Waals surface area contributed by atoms with Crippen molar-refractivity contribution in [3.05, 3.63) is 0 Å². The van der Waals surface area contributed by atoms with Crippen LogP contribution in [0.4, 0.5) is 4.79 Å². The molecule has 0 saturated carbocycles. The van der Waals surface area contributed by atoms with Gasteiger partial charge < -0.3 is 15.8 Å². The summed E-state index contributed by atoms with van der Waals surface area (Å²) in [6.07, 6.45) is 0.421. The number of rotatable bonds is 2. The standard InChI is InChI=1S/C6H10N2O3/c7-6(10)11-3-4-1-2-5(9)8-4/h4H,1-3H2,(H2,7,10)(H,8,9). The van der Waals surface area contributed by atoms with Gasteiger partial charge in [0.15, 0.2) is 0 Å². The molecule has 3 N–H and O–H groups in total. The van der Waals surface area contributed by atoms with E-state index < -0.39 is 6.09 Å². The monoisotopic (exact) mass is 158 g/mol. The highest BCUT2D eigenvalue weighted by atomic mass is 16.5. The molecular formula is C6H10N2O3. The number of nitrogens with one attached hydrogen (secondary N) is 1. The lowest BCUT2D eigenvalue weighted by atomic mass is 10.2. The Morgan fingerprint density at radius 3 is 3.00 bits per heavy atom. The van der Waals surface area contributed by atoms with E-state index in [1.807, 2.05) is 0 Å². The summed E-state index contributed by atoms with van der Waals surface area (Å²) in [7, 11) is 0. The largest absolute Gasteiger partial charge is 0.448 e. The fourth-order valence-electron chi connectivity index (χ4n) is 0.985. The third-order valence-electron chi connectivity index (χ3n) is 1.51. The first-order valence-electron chi connectivity index (χ1n) is 3.40. The molecule has 5 heteroatoms. The molecule has 0 aliphatic carbocycles. The minimum absolute atomic E-state index is 0.00284. The van der Waals surface area contributed by atoms with Gasteiger partial charge in [0.25, 0.3) is 0 Å². The molecule has 2 amide bonds. The zero-order valence-electron chi connectivity index (χ0n) is 6.00. The first-order valence-corrected chi connectivity index (χ1v) is 3.40. The third kappa shape index (κ3) is 2.45. The number of hydrogen-bond donors (Lipinski definition) is 2. The molecule has 0 aromatic rings. The number of nitrogens with two attached hydrogens (primary N) is 1. The Balaban J connectivity index is 2.18. The van der Waals surface area contributed by atoms with Crippen LogP contribution in [0, 0.1) is 0 Å². The van der Waals surface area contributed by atoms with Gasteiger partial charge in [0.2, 0.25) is 5.91 Å². The van der Waals surface area contributed by atoms with Crippen LogP contribution in [0.25, 0.3) is 0 Å². The summed E-state index contributed by atoms with van der Waals surface area (Å²) in [5.74, 6) is 0.00284. The van der Waals surface area contributed by atoms with Crippen LogP contribution in [-0.2, 0) is 9.53 Å². The van der Waals surface area contributed by atoms with E-state index in [0.717, 1.165) is 0 Å². The molecule has 0 aromatic heterocycles. The Morgan fingerprint density at radius 2 is 2.55 bits per heavy atom. The van der Waals surface area contributed by atoms with Gasteiger partial charge in [-0.05, 0) is 6.42 Å². The van der Waals surface area contributed by atoms with Crippen LogP contribution in [-0.4, -0.2) is 24.6 Å². The van der Waals surface area contributed by atoms with Gasteiger partial charge in [-0.3, -0.25) is 4.79 Å². The zero-order valence-corrected chi connectivity index (χ0v) is 6.00. The van der Waals surface area contributed by atoms with Crippen molar-refractivity contribution >= 4 is 12.0 Å². The SMILES string of the molecule is NC(=O)OCC1CCC(=O)N1. The molecule has 0 bridgehead atoms. The molecule has 1 rings (SSSR count). The Hall–Kier alpha value is -1.26. The Labute approximate surface area is 63.9 Å². The van der Waals surface area contributed by atoms with Gasteiger partial charge in [-0.15, -0.1) is 0 Å². The van der Waals surface area contributed by atoms with E-state index in [4.69, 9.17) is 5.73 Å². The van der Waals surface area contributed by atoms with E-state index in [-0.39, 0.29) is 18.6 Å². The maximum Gasteiger partial charge on any atom is 0.404 e. The lowest BCUT2D eigenvalue weighted by Crippen LogP contribution is -2.31. The Bertz CT molecular complexity index is 181. The number of ether oxygens (including phenoxy) is 1. The molecule has 1 unspecified atom stereocenters. The quantitative estimate of drug-likeness (QED) is 0.560. The summed E-state index contributed by atoms with van der Waals surface area (Å²) >= 11 is 0. The third-order valence-corrected chi connectivity index (χ3v) is 1.51. The van der Waals surface area contributed by atoms with Gasteiger partial charge in [0.1, 0.15) is 6.61 Å². The van der Waals surface area contributed by atoms with Crippen molar-refractivity contribution in [2.75, 3.05) is 6.61 Å². The van der Waals surface area contributed by atoms with Gasteiger partial charge in [0, 0.05) is 6.42 Å². The second kappa shape index (κ2) is 3.23. The number of carbonyl (C=O) groups is 2. The summed E-state index contributed by atoms with van der Waals surface area (Å²) in [4.78, 5) is 20.7. The zero-order chi connectivity index (χ0) is 8.27. The van der Waals surface area contributed by atoms with Gasteiger partial charge in [-0.1, -0.05) is 0 Å². The van der Waals surface area contributed by atoms with Crippen molar-refractivity contribution in [3.63, 3.8) is 0 Å². The van der Waals surface area contributed by atoms with E-state index in [1.165, 1.54) is 0 Å². The number of hydrogen-bond acceptors (Lipinski definition) is 3. The van der Waals surface area contributed by atoms with Crippen molar-refractivity contribution in [3.8, 4) is 0 Å². The van der Waals surface area contributed by atoms with E-state index in [2.05, 4.69) is 10.1 Å². The molecule has 0 spiro atoms. The molecule has 0 aromatic carbocycles. The van der Waals surface area contributed by atoms with Crippen molar-refractivity contribution in [2.45, 2.75) is 18.9 Å². The highest BCUT2D eigenvalue weighted by molar-refractivity contribution is 5.78. The van der Waals surface area contributed by atoms with Crippen LogP contribution in [0.3, 0.4) is 0 Å². The molecule has 1 atom stereocenters. The van der Waals surface area contributed by atoms with Crippen LogP contribution >= 0.6 is 0 Å². The van der Waals surface area contributed by atoms with Crippen LogP contribution in [0.2, 0.25) is 0 Å². The molecule has 1 aliphatic rings. The van der Waals surface area contributed by atoms with Gasteiger partial charge >= 0.3 is 6.09 Å². The summed E-state index contributed by atoms with van der Waals surface area (Å²) < 4.78 is 4.50. The second-order valence-corrected chi connectivity index (χ2v) is 2.43. The van der Waals surface area contributed by atoms with E-state index in [0.29, 0.717) is 12.8 Å². The molecule has 0 radical (unpaired) electrons. The molecule has 1 fully saturated rings. The lowest BCUT2D eigenvalue weighted by Gasteiger charge is -2.07. The minimum Gasteiger partial charge on any atom is -0.448 e. The minimum atomic E-state index is -0.800. The van der Waals surface area contributed by atoms with Gasteiger partial charge in [0.05, 0.1) is 6.04 Å². The maximum absolute atomic E-state index is 10.6. The highest BCUT2D eigenvalue weighted by Crippen LogP contribution is 2.05. The predicted molar refractivity (Wildman–Crippen MR) is 36.7 cm³/mol. The Morgan fingerprint density at radius 1 is 1.82 bits per heavy atom. The predicted octanol–water partition coefficient (Wildman–Crippen LogP) is -0.640. The van der Waals surface area contributed by atoms with Crippen molar-refractivity contribution in [1.29, 1.82) is 0 Å². The molecule has 11 heavy (non-hydrogen) atoms. The van der Waals surface area contributed by atoms with Gasteiger partial charge in [-0.2, -0.15) is 0 Å². The van der Waals surface area contributed by atoms with Crippen LogP contribution in [0.1, 0.15) is 12.8 Å². The maximum atomic E-state index is 10.6. The first kappa shape index (κ1) is 7.84. The van der Waals surface area contributed by atoms with E-state index in [9.17, 15) is 9.59 Å². The normalized spacial score (nSPS) is 22.9. The first-order chi connectivity index (χ1) is 5.18. The topological polar surface area (TPSA) is 81.4 Å². The molecule has 1 saturated heterocycles. The fraction of sp³-hybridized carbons (Fsp3) is 0.667. The van der Waals surface area contributed by atoms with E-state index >= 15 is 0 Å². The number of carbonyl (C=O) groups excluding carboxylic acids is 2. The lowest BCUT2D eigenvalue weighted by molar-refractivity contribution is -0.119. The summed E-state index contributed by atoms with van der Waals surface area (Å²) in [5.41, 5.74) is 4.73. The molecule has 5 nitrogen and oxygen atoms in total. The molecule has 1 heterocycles. The van der Waals surface area contributed by atoms with Crippen molar-refractivity contribution < 1.29 is 14.3 Å². The summed E-state index contributed by atoms with van der Waals surface area (Å²) in [6.45, 7) is 0.182. The molecular weight excluding hydrogens is 148 g/mol. The van der Waals surface area contributed by atoms with Crippen molar-refractivity contribution in [1.82, 2.24) is 5.32 Å². The van der Waals surface area contributed by atoms with E-state index in [1.54, 1.807) is 0 Å². The Kier molecular flexibility index (Phi) is 2.30. The van der Waals surface area contributed by atoms with Crippen LogP contribution in [0.5, 0.6) is 0 Å². The molecule has 1 aliphatic heterocycles. The van der Waals surface area contributed by atoms with Gasteiger partial charge in [-0.25, -0.2) is 4.79 Å². The highest BCUT2D eigenvalue weighted by Gasteiger charge is 2.21. The van der Waals surface area contributed by atoms with Crippen molar-refractivity contribution in [2.24, 2.45) is 5.73 Å². The average molecular weight is 158 g/mol. The molecule has 62 valence electrons.